The van der Waals surface area contributed by atoms with Crippen LogP contribution in [-0.4, -0.2) is 16.5 Å². The number of anilines is 3. The Morgan fingerprint density at radius 1 is 1.05 bits per heavy atom. The van der Waals surface area contributed by atoms with E-state index >= 15 is 0 Å². The molecule has 5 heteroatoms. The van der Waals surface area contributed by atoms with Gasteiger partial charge in [0.1, 0.15) is 17.5 Å². The van der Waals surface area contributed by atoms with Gasteiger partial charge in [-0.15, -0.1) is 0 Å². The van der Waals surface area contributed by atoms with Crippen molar-refractivity contribution in [1.82, 2.24) is 9.97 Å². The smallest absolute Gasteiger partial charge is 0.139 e. The molecule has 0 saturated carbocycles. The molecule has 20 heavy (non-hydrogen) atoms. The predicted molar refractivity (Wildman–Crippen MR) is 92.7 cm³/mol. The number of benzene rings is 1. The highest BCUT2D eigenvalue weighted by Gasteiger charge is 2.09. The van der Waals surface area contributed by atoms with E-state index in [-0.39, 0.29) is 0 Å². The number of halogens is 1. The van der Waals surface area contributed by atoms with Crippen molar-refractivity contribution in [3.8, 4) is 0 Å². The number of rotatable bonds is 5. The standard InChI is InChI=1S/C15H19IN4/c1-4-9-17-14-10(2)15(19-11(3)18-14)20-13-7-5-12(16)6-8-13/h5-8H,4,9H2,1-3H3,(H2,17,18,19,20). The lowest BCUT2D eigenvalue weighted by molar-refractivity contribution is 0.948. The Labute approximate surface area is 133 Å². The van der Waals surface area contributed by atoms with E-state index in [1.165, 1.54) is 3.57 Å². The van der Waals surface area contributed by atoms with E-state index in [4.69, 9.17) is 0 Å². The zero-order chi connectivity index (χ0) is 14.5. The molecular weight excluding hydrogens is 363 g/mol. The summed E-state index contributed by atoms with van der Waals surface area (Å²) in [5, 5.41) is 6.71. The van der Waals surface area contributed by atoms with E-state index in [9.17, 15) is 0 Å². The van der Waals surface area contributed by atoms with Gasteiger partial charge >= 0.3 is 0 Å². The summed E-state index contributed by atoms with van der Waals surface area (Å²) in [7, 11) is 0. The minimum Gasteiger partial charge on any atom is -0.370 e. The molecular formula is C15H19IN4. The molecule has 0 fully saturated rings. The first-order valence-electron chi connectivity index (χ1n) is 6.72. The van der Waals surface area contributed by atoms with Crippen LogP contribution in [0.1, 0.15) is 24.7 Å². The fraction of sp³-hybridized carbons (Fsp3) is 0.333. The normalized spacial score (nSPS) is 10.4. The first-order valence-corrected chi connectivity index (χ1v) is 7.79. The molecule has 0 amide bonds. The van der Waals surface area contributed by atoms with E-state index < -0.39 is 0 Å². The molecule has 0 aliphatic carbocycles. The second kappa shape index (κ2) is 6.88. The van der Waals surface area contributed by atoms with Crippen molar-refractivity contribution in [2.75, 3.05) is 17.2 Å². The van der Waals surface area contributed by atoms with Crippen LogP contribution in [0.4, 0.5) is 17.3 Å². The van der Waals surface area contributed by atoms with Crippen LogP contribution < -0.4 is 10.6 Å². The van der Waals surface area contributed by atoms with Crippen molar-refractivity contribution >= 4 is 39.9 Å². The monoisotopic (exact) mass is 382 g/mol. The maximum absolute atomic E-state index is 4.50. The third-order valence-corrected chi connectivity index (χ3v) is 3.63. The quantitative estimate of drug-likeness (QED) is 0.759. The third-order valence-electron chi connectivity index (χ3n) is 2.91. The molecule has 0 aliphatic heterocycles. The minimum atomic E-state index is 0.766. The van der Waals surface area contributed by atoms with Crippen LogP contribution in [0.15, 0.2) is 24.3 Å². The molecule has 0 saturated heterocycles. The van der Waals surface area contributed by atoms with Crippen molar-refractivity contribution in [3.05, 3.63) is 39.2 Å². The van der Waals surface area contributed by atoms with Crippen LogP contribution >= 0.6 is 22.6 Å². The molecule has 1 aromatic heterocycles. The van der Waals surface area contributed by atoms with Crippen LogP contribution in [0.25, 0.3) is 0 Å². The molecule has 1 heterocycles. The fourth-order valence-electron chi connectivity index (χ4n) is 1.84. The Morgan fingerprint density at radius 3 is 2.35 bits per heavy atom. The molecule has 0 spiro atoms. The highest BCUT2D eigenvalue weighted by atomic mass is 127. The van der Waals surface area contributed by atoms with E-state index in [0.717, 1.165) is 41.7 Å². The van der Waals surface area contributed by atoms with Gasteiger partial charge in [0, 0.05) is 21.4 Å². The summed E-state index contributed by atoms with van der Waals surface area (Å²) in [6.45, 7) is 7.00. The van der Waals surface area contributed by atoms with Gasteiger partial charge in [-0.25, -0.2) is 9.97 Å². The van der Waals surface area contributed by atoms with Crippen molar-refractivity contribution in [3.63, 3.8) is 0 Å². The number of aromatic nitrogens is 2. The summed E-state index contributed by atoms with van der Waals surface area (Å²) in [6.07, 6.45) is 1.07. The van der Waals surface area contributed by atoms with Gasteiger partial charge in [-0.3, -0.25) is 0 Å². The Kier molecular flexibility index (Phi) is 5.17. The van der Waals surface area contributed by atoms with Gasteiger partial charge in [0.15, 0.2) is 0 Å². The Hall–Kier alpha value is -1.37. The molecule has 0 bridgehead atoms. The zero-order valence-corrected chi connectivity index (χ0v) is 14.2. The van der Waals surface area contributed by atoms with Crippen LogP contribution in [0.5, 0.6) is 0 Å². The Balaban J connectivity index is 2.26. The van der Waals surface area contributed by atoms with Crippen LogP contribution in [-0.2, 0) is 0 Å². The lowest BCUT2D eigenvalue weighted by Crippen LogP contribution is -2.08. The highest BCUT2D eigenvalue weighted by Crippen LogP contribution is 2.23. The van der Waals surface area contributed by atoms with Crippen molar-refractivity contribution in [2.45, 2.75) is 27.2 Å². The number of hydrogen-bond donors (Lipinski definition) is 2. The minimum absolute atomic E-state index is 0.766. The van der Waals surface area contributed by atoms with Gasteiger partial charge in [0.05, 0.1) is 0 Å². The summed E-state index contributed by atoms with van der Waals surface area (Å²) in [4.78, 5) is 8.96. The second-order valence-electron chi connectivity index (χ2n) is 4.65. The maximum atomic E-state index is 4.50. The molecule has 1 aromatic carbocycles. The van der Waals surface area contributed by atoms with E-state index in [1.54, 1.807) is 0 Å². The lowest BCUT2D eigenvalue weighted by Gasteiger charge is -2.14. The highest BCUT2D eigenvalue weighted by molar-refractivity contribution is 14.1. The van der Waals surface area contributed by atoms with Gasteiger partial charge < -0.3 is 10.6 Å². The van der Waals surface area contributed by atoms with E-state index in [0.29, 0.717) is 0 Å². The molecule has 4 nitrogen and oxygen atoms in total. The number of hydrogen-bond acceptors (Lipinski definition) is 4. The molecule has 2 aromatic rings. The van der Waals surface area contributed by atoms with Crippen molar-refractivity contribution in [2.24, 2.45) is 0 Å². The maximum Gasteiger partial charge on any atom is 0.139 e. The van der Waals surface area contributed by atoms with Crippen molar-refractivity contribution < 1.29 is 0 Å². The molecule has 0 atom stereocenters. The fourth-order valence-corrected chi connectivity index (χ4v) is 2.20. The summed E-state index contributed by atoms with van der Waals surface area (Å²) in [5.41, 5.74) is 2.08. The average Bonchev–Trinajstić information content (AvgIpc) is 2.43. The molecule has 0 aliphatic rings. The topological polar surface area (TPSA) is 49.8 Å². The third kappa shape index (κ3) is 3.82. The van der Waals surface area contributed by atoms with Crippen LogP contribution in [0, 0.1) is 17.4 Å². The predicted octanol–water partition coefficient (Wildman–Crippen LogP) is 4.26. The van der Waals surface area contributed by atoms with E-state index in [1.807, 2.05) is 13.8 Å². The molecule has 0 radical (unpaired) electrons. The molecule has 2 N–H and O–H groups in total. The summed E-state index contributed by atoms with van der Waals surface area (Å²) in [5.74, 6) is 2.53. The van der Waals surface area contributed by atoms with Crippen LogP contribution in [0.3, 0.4) is 0 Å². The summed E-state index contributed by atoms with van der Waals surface area (Å²) >= 11 is 2.30. The number of nitrogens with zero attached hydrogens (tertiary/aromatic N) is 2. The first kappa shape index (κ1) is 15.0. The van der Waals surface area contributed by atoms with Gasteiger partial charge in [0.2, 0.25) is 0 Å². The SMILES string of the molecule is CCCNc1nc(C)nc(Nc2ccc(I)cc2)c1C. The summed E-state index contributed by atoms with van der Waals surface area (Å²) < 4.78 is 1.22. The summed E-state index contributed by atoms with van der Waals surface area (Å²) in [6, 6.07) is 8.25. The number of nitrogens with one attached hydrogen (secondary N) is 2. The second-order valence-corrected chi connectivity index (χ2v) is 5.90. The lowest BCUT2D eigenvalue weighted by atomic mass is 10.2. The van der Waals surface area contributed by atoms with Crippen LogP contribution in [0.2, 0.25) is 0 Å². The van der Waals surface area contributed by atoms with Crippen molar-refractivity contribution in [1.29, 1.82) is 0 Å². The van der Waals surface area contributed by atoms with Gasteiger partial charge in [-0.1, -0.05) is 6.92 Å². The van der Waals surface area contributed by atoms with Gasteiger partial charge in [0.25, 0.3) is 0 Å². The Morgan fingerprint density at radius 2 is 1.70 bits per heavy atom. The largest absolute Gasteiger partial charge is 0.370 e. The number of aryl methyl sites for hydroxylation is 1. The van der Waals surface area contributed by atoms with Gasteiger partial charge in [-0.2, -0.15) is 0 Å². The average molecular weight is 382 g/mol. The van der Waals surface area contributed by atoms with Gasteiger partial charge in [-0.05, 0) is 67.1 Å². The van der Waals surface area contributed by atoms with E-state index in [2.05, 4.69) is 74.4 Å². The first-order chi connectivity index (χ1) is 9.60. The zero-order valence-electron chi connectivity index (χ0n) is 12.0. The molecule has 0 unspecified atom stereocenters. The molecule has 106 valence electrons. The Bertz CT molecular complexity index is 581. The molecule has 2 rings (SSSR count).